The maximum absolute atomic E-state index is 13.0. The van der Waals surface area contributed by atoms with E-state index in [0.717, 1.165) is 11.1 Å². The molecular weight excluding hydrogens is 373 g/mol. The fourth-order valence-electron chi connectivity index (χ4n) is 3.50. The number of aliphatic hydroxyl groups is 1. The smallest absolute Gasteiger partial charge is 0.335 e. The summed E-state index contributed by atoms with van der Waals surface area (Å²) in [4.78, 5) is 25.0. The van der Waals surface area contributed by atoms with Gasteiger partial charge in [-0.1, -0.05) is 36.4 Å². The van der Waals surface area contributed by atoms with Crippen molar-refractivity contribution in [1.82, 2.24) is 4.90 Å². The Bertz CT molecular complexity index is 877. The van der Waals surface area contributed by atoms with Crippen molar-refractivity contribution in [2.45, 2.75) is 37.8 Å². The van der Waals surface area contributed by atoms with E-state index in [9.17, 15) is 19.1 Å². The van der Waals surface area contributed by atoms with Crippen LogP contribution in [0.5, 0.6) is 0 Å². The second kappa shape index (κ2) is 9.47. The largest absolute Gasteiger partial charge is 0.478 e. The first-order valence-corrected chi connectivity index (χ1v) is 9.65. The molecule has 5 nitrogen and oxygen atoms in total. The average molecular weight is 397 g/mol. The lowest BCUT2D eigenvalue weighted by molar-refractivity contribution is -0.128. The van der Waals surface area contributed by atoms with E-state index >= 15 is 0 Å². The van der Waals surface area contributed by atoms with Gasteiger partial charge in [0, 0.05) is 19.4 Å². The van der Waals surface area contributed by atoms with Crippen molar-refractivity contribution in [1.29, 1.82) is 0 Å². The summed E-state index contributed by atoms with van der Waals surface area (Å²) in [5, 5.41) is 19.2. The van der Waals surface area contributed by atoms with Gasteiger partial charge in [-0.15, -0.1) is 0 Å². The van der Waals surface area contributed by atoms with Crippen LogP contribution in [0.4, 0.5) is 4.39 Å². The van der Waals surface area contributed by atoms with E-state index in [4.69, 9.17) is 5.11 Å². The van der Waals surface area contributed by atoms with Crippen molar-refractivity contribution in [2.75, 3.05) is 6.54 Å². The summed E-state index contributed by atoms with van der Waals surface area (Å²) in [5.74, 6) is -1.19. The first kappa shape index (κ1) is 20.7. The van der Waals surface area contributed by atoms with Crippen molar-refractivity contribution < 1.29 is 24.2 Å². The van der Waals surface area contributed by atoms with Crippen molar-refractivity contribution in [3.05, 3.63) is 83.2 Å². The van der Waals surface area contributed by atoms with E-state index in [1.54, 1.807) is 47.4 Å². The van der Waals surface area contributed by atoms with Crippen molar-refractivity contribution in [2.24, 2.45) is 0 Å². The van der Waals surface area contributed by atoms with Crippen molar-refractivity contribution in [3.8, 4) is 0 Å². The zero-order valence-electron chi connectivity index (χ0n) is 16.0. The van der Waals surface area contributed by atoms with Crippen LogP contribution in [0.3, 0.4) is 0 Å². The third kappa shape index (κ3) is 5.74. The topological polar surface area (TPSA) is 77.8 Å². The van der Waals surface area contributed by atoms with Crippen LogP contribution in [0.25, 0.3) is 0 Å². The van der Waals surface area contributed by atoms with E-state index < -0.39 is 12.1 Å². The van der Waals surface area contributed by atoms with Crippen molar-refractivity contribution in [3.63, 3.8) is 0 Å². The highest BCUT2D eigenvalue weighted by atomic mass is 19.1. The fraction of sp³-hybridized carbons (Fsp3) is 0.304. The Labute approximate surface area is 169 Å². The number of carboxylic acid groups (broad SMARTS) is 1. The average Bonchev–Trinajstić information content (AvgIpc) is 3.06. The molecular formula is C23H24FNO4. The van der Waals surface area contributed by atoms with E-state index in [1.807, 2.05) is 6.08 Å². The molecule has 0 radical (unpaired) electrons. The maximum atomic E-state index is 13.0. The Morgan fingerprint density at radius 3 is 2.45 bits per heavy atom. The van der Waals surface area contributed by atoms with Crippen LogP contribution in [-0.2, 0) is 17.6 Å². The summed E-state index contributed by atoms with van der Waals surface area (Å²) in [6.45, 7) is 0.536. The molecule has 0 unspecified atom stereocenters. The number of hydrogen-bond acceptors (Lipinski definition) is 3. The summed E-state index contributed by atoms with van der Waals surface area (Å²) in [7, 11) is 0. The van der Waals surface area contributed by atoms with Crippen LogP contribution in [-0.4, -0.2) is 45.7 Å². The minimum absolute atomic E-state index is 0.0661. The fourth-order valence-corrected chi connectivity index (χ4v) is 3.50. The molecule has 1 fully saturated rings. The Morgan fingerprint density at radius 1 is 1.14 bits per heavy atom. The van der Waals surface area contributed by atoms with E-state index in [2.05, 4.69) is 0 Å². The lowest BCUT2D eigenvalue weighted by Gasteiger charge is -2.23. The third-order valence-corrected chi connectivity index (χ3v) is 5.13. The summed E-state index contributed by atoms with van der Waals surface area (Å²) >= 11 is 0. The second-order valence-corrected chi connectivity index (χ2v) is 7.23. The molecule has 2 N–H and O–H groups in total. The van der Waals surface area contributed by atoms with Crippen LogP contribution in [0, 0.1) is 5.82 Å². The number of carboxylic acids is 1. The Hall–Kier alpha value is -2.99. The molecule has 0 aliphatic carbocycles. The lowest BCUT2D eigenvalue weighted by Crippen LogP contribution is -2.33. The van der Waals surface area contributed by atoms with Gasteiger partial charge >= 0.3 is 5.97 Å². The molecule has 6 heteroatoms. The van der Waals surface area contributed by atoms with Gasteiger partial charge in [-0.2, -0.15) is 0 Å². The number of benzene rings is 2. The van der Waals surface area contributed by atoms with Gasteiger partial charge in [0.1, 0.15) is 5.82 Å². The van der Waals surface area contributed by atoms with Gasteiger partial charge in [0.25, 0.3) is 0 Å². The SMILES string of the molecule is O=C(O)c1ccc(CCN2C(=O)CC[C@@H]2C=C[C@@H](O)Cc2ccc(F)cc2)cc1. The standard InChI is InChI=1S/C23H24FNO4/c24-19-7-3-17(4-8-19)15-21(26)11-9-20-10-12-22(27)25(20)14-13-16-1-5-18(6-2-16)23(28)29/h1-9,11,20-21,26H,10,12-15H2,(H,28,29)/t20-,21+/m0/s1. The van der Waals surface area contributed by atoms with Gasteiger partial charge in [0.15, 0.2) is 0 Å². The predicted octanol–water partition coefficient (Wildman–Crippen LogP) is 3.22. The highest BCUT2D eigenvalue weighted by Gasteiger charge is 2.28. The predicted molar refractivity (Wildman–Crippen MR) is 107 cm³/mol. The Kier molecular flexibility index (Phi) is 6.77. The molecule has 1 heterocycles. The molecule has 0 bridgehead atoms. The molecule has 0 aromatic heterocycles. The lowest BCUT2D eigenvalue weighted by atomic mass is 10.1. The van der Waals surface area contributed by atoms with Crippen LogP contribution < -0.4 is 0 Å². The number of hydrogen-bond donors (Lipinski definition) is 2. The van der Waals surface area contributed by atoms with Crippen molar-refractivity contribution >= 4 is 11.9 Å². The Morgan fingerprint density at radius 2 is 1.79 bits per heavy atom. The second-order valence-electron chi connectivity index (χ2n) is 7.23. The summed E-state index contributed by atoms with van der Waals surface area (Å²) < 4.78 is 13.0. The van der Waals surface area contributed by atoms with Gasteiger partial charge in [-0.05, 0) is 48.2 Å². The van der Waals surface area contributed by atoms with E-state index in [1.165, 1.54) is 12.1 Å². The minimum Gasteiger partial charge on any atom is -0.478 e. The molecule has 2 aromatic carbocycles. The molecule has 0 saturated carbocycles. The number of carbonyl (C=O) groups is 2. The molecule has 1 saturated heterocycles. The molecule has 2 aromatic rings. The number of amides is 1. The minimum atomic E-state index is -0.962. The Balaban J connectivity index is 1.55. The molecule has 1 aliphatic rings. The number of likely N-dealkylation sites (tertiary alicyclic amines) is 1. The molecule has 1 amide bonds. The maximum Gasteiger partial charge on any atom is 0.335 e. The van der Waals surface area contributed by atoms with E-state index in [-0.39, 0.29) is 23.3 Å². The summed E-state index contributed by atoms with van der Waals surface area (Å²) in [6, 6.07) is 12.6. The molecule has 0 spiro atoms. The highest BCUT2D eigenvalue weighted by Crippen LogP contribution is 2.21. The van der Waals surface area contributed by atoms with Gasteiger partial charge in [0.05, 0.1) is 17.7 Å². The molecule has 2 atom stereocenters. The zero-order valence-corrected chi connectivity index (χ0v) is 16.0. The normalized spacial score (nSPS) is 17.8. The number of nitrogens with zero attached hydrogens (tertiary/aromatic N) is 1. The first-order chi connectivity index (χ1) is 13.9. The number of aliphatic hydroxyl groups excluding tert-OH is 1. The molecule has 1 aliphatic heterocycles. The van der Waals surface area contributed by atoms with Gasteiger partial charge in [-0.3, -0.25) is 4.79 Å². The molecule has 29 heavy (non-hydrogen) atoms. The van der Waals surface area contributed by atoms with Gasteiger partial charge in [-0.25, -0.2) is 9.18 Å². The van der Waals surface area contributed by atoms with Crippen LogP contribution in [0.15, 0.2) is 60.7 Å². The highest BCUT2D eigenvalue weighted by molar-refractivity contribution is 5.87. The van der Waals surface area contributed by atoms with Gasteiger partial charge < -0.3 is 15.1 Å². The van der Waals surface area contributed by atoms with Gasteiger partial charge in [0.2, 0.25) is 5.91 Å². The third-order valence-electron chi connectivity index (χ3n) is 5.13. The van der Waals surface area contributed by atoms with Crippen LogP contribution >= 0.6 is 0 Å². The number of halogens is 1. The monoisotopic (exact) mass is 397 g/mol. The zero-order chi connectivity index (χ0) is 20.8. The van der Waals surface area contributed by atoms with Crippen LogP contribution in [0.2, 0.25) is 0 Å². The van der Waals surface area contributed by atoms with E-state index in [0.29, 0.717) is 32.2 Å². The first-order valence-electron chi connectivity index (χ1n) is 9.65. The number of rotatable bonds is 8. The number of carbonyl (C=O) groups excluding carboxylic acids is 1. The summed E-state index contributed by atoms with van der Waals surface area (Å²) in [6.07, 6.45) is 5.05. The molecule has 3 rings (SSSR count). The quantitative estimate of drug-likeness (QED) is 0.671. The van der Waals surface area contributed by atoms with Crippen LogP contribution in [0.1, 0.15) is 34.3 Å². The number of aromatic carboxylic acids is 1. The summed E-state index contributed by atoms with van der Waals surface area (Å²) in [5.41, 5.74) is 2.04. The molecule has 152 valence electrons.